The third kappa shape index (κ3) is 3.11. The summed E-state index contributed by atoms with van der Waals surface area (Å²) >= 11 is 0. The first-order valence-corrected chi connectivity index (χ1v) is 5.19. The van der Waals surface area contributed by atoms with Gasteiger partial charge in [-0.15, -0.1) is 0 Å². The van der Waals surface area contributed by atoms with Gasteiger partial charge in [-0.05, 0) is 35.4 Å². The molecule has 3 heteroatoms. The van der Waals surface area contributed by atoms with Crippen LogP contribution in [0.1, 0.15) is 18.6 Å². The molecule has 0 heterocycles. The summed E-state index contributed by atoms with van der Waals surface area (Å²) in [5, 5.41) is 10.00. The molecule has 0 amide bonds. The van der Waals surface area contributed by atoms with Gasteiger partial charge in [0, 0.05) is 7.77 Å². The minimum atomic E-state index is -1.07. The molecule has 2 unspecified atom stereocenters. The van der Waals surface area contributed by atoms with E-state index in [1.807, 2.05) is 0 Å². The number of hydrogen-bond donors (Lipinski definition) is 1. The van der Waals surface area contributed by atoms with Crippen molar-refractivity contribution in [3.63, 3.8) is 0 Å². The molecule has 0 spiro atoms. The molecule has 1 N–H and O–H groups in total. The second kappa shape index (κ2) is 5.06. The Morgan fingerprint density at radius 2 is 1.41 bits per heavy atom. The van der Waals surface area contributed by atoms with E-state index in [-0.39, 0.29) is 5.82 Å². The van der Waals surface area contributed by atoms with Gasteiger partial charge in [-0.3, -0.25) is 0 Å². The highest BCUT2D eigenvalue weighted by atomic mass is 19.1. The topological polar surface area (TPSA) is 20.2 Å². The maximum Gasteiger partial charge on any atom is 0.123 e. The van der Waals surface area contributed by atoms with Gasteiger partial charge >= 0.3 is 0 Å². The molecule has 0 bridgehead atoms. The van der Waals surface area contributed by atoms with Gasteiger partial charge in [-0.1, -0.05) is 24.3 Å². The quantitative estimate of drug-likeness (QED) is 0.865. The Kier molecular flexibility index (Phi) is 3.10. The summed E-state index contributed by atoms with van der Waals surface area (Å²) < 4.78 is 33.4. The summed E-state index contributed by atoms with van der Waals surface area (Å²) in [5.74, 6) is -0.781. The fourth-order valence-electron chi connectivity index (χ4n) is 1.51. The molecule has 1 nitrogen and oxygen atoms in total. The van der Waals surface area contributed by atoms with Crippen LogP contribution < -0.4 is 0 Å². The lowest BCUT2D eigenvalue weighted by Gasteiger charge is -2.10. The van der Waals surface area contributed by atoms with Crippen molar-refractivity contribution in [2.24, 2.45) is 0 Å². The monoisotopic (exact) mass is 235 g/mol. The Morgan fingerprint density at radius 1 is 0.941 bits per heavy atom. The molecular formula is C14H12F2O. The lowest BCUT2D eigenvalue weighted by atomic mass is 10.0. The van der Waals surface area contributed by atoms with E-state index in [9.17, 15) is 13.9 Å². The van der Waals surface area contributed by atoms with Crippen molar-refractivity contribution in [3.05, 3.63) is 71.3 Å². The van der Waals surface area contributed by atoms with E-state index < -0.39 is 18.3 Å². The summed E-state index contributed by atoms with van der Waals surface area (Å²) in [7, 11) is 0. The Bertz CT molecular complexity index is 461. The van der Waals surface area contributed by atoms with Gasteiger partial charge in [-0.2, -0.15) is 0 Å². The minimum absolute atomic E-state index is 0.387. The van der Waals surface area contributed by atoms with Gasteiger partial charge in [-0.25, -0.2) is 8.78 Å². The molecule has 88 valence electrons. The molecular weight excluding hydrogens is 222 g/mol. The Balaban J connectivity index is 2.20. The molecule has 0 aliphatic carbocycles. The van der Waals surface area contributed by atoms with E-state index >= 15 is 0 Å². The molecule has 0 saturated carbocycles. The molecule has 2 rings (SSSR count). The largest absolute Gasteiger partial charge is 0.388 e. The Hall–Kier alpha value is -1.74. The first kappa shape index (κ1) is 10.4. The number of hydrogen-bond acceptors (Lipinski definition) is 1. The molecule has 2 aromatic carbocycles. The third-order valence-electron chi connectivity index (χ3n) is 2.43. The zero-order chi connectivity index (χ0) is 13.1. The molecule has 0 aliphatic rings. The maximum atomic E-state index is 12.8. The molecule has 2 aromatic rings. The molecule has 17 heavy (non-hydrogen) atoms. The van der Waals surface area contributed by atoms with Gasteiger partial charge < -0.3 is 5.11 Å². The molecule has 0 aromatic heterocycles. The Labute approximate surface area is 99.7 Å². The predicted octanol–water partition coefficient (Wildman–Crippen LogP) is 3.24. The van der Waals surface area contributed by atoms with Crippen LogP contribution >= 0.6 is 0 Å². The smallest absolute Gasteiger partial charge is 0.123 e. The molecule has 0 aliphatic heterocycles. The normalized spacial score (nSPS) is 15.1. The van der Waals surface area contributed by atoms with Crippen molar-refractivity contribution in [1.82, 2.24) is 0 Å². The van der Waals surface area contributed by atoms with Crippen molar-refractivity contribution in [3.8, 4) is 0 Å². The van der Waals surface area contributed by atoms with Gasteiger partial charge in [0.1, 0.15) is 11.6 Å². The standard InChI is InChI=1S/C14H12F2O/c15-12-5-1-10(2-6-12)9-14(17)11-3-7-13(16)8-4-11/h1-8,14,17H,9H2/i9D. The highest BCUT2D eigenvalue weighted by molar-refractivity contribution is 5.23. The van der Waals surface area contributed by atoms with Crippen LogP contribution in [0.2, 0.25) is 0 Å². The average molecular weight is 235 g/mol. The van der Waals surface area contributed by atoms with Crippen LogP contribution in [-0.2, 0) is 6.40 Å². The van der Waals surface area contributed by atoms with E-state index in [1.165, 1.54) is 48.5 Å². The predicted molar refractivity (Wildman–Crippen MR) is 61.5 cm³/mol. The number of aliphatic hydroxyl groups is 1. The van der Waals surface area contributed by atoms with Gasteiger partial charge in [0.05, 0.1) is 6.10 Å². The summed E-state index contributed by atoms with van der Waals surface area (Å²) in [4.78, 5) is 0. The number of benzene rings is 2. The first-order chi connectivity index (χ1) is 8.58. The third-order valence-corrected chi connectivity index (χ3v) is 2.43. The highest BCUT2D eigenvalue weighted by Gasteiger charge is 2.08. The van der Waals surface area contributed by atoms with Crippen LogP contribution in [0.25, 0.3) is 0 Å². The van der Waals surface area contributed by atoms with Crippen LogP contribution in [0.5, 0.6) is 0 Å². The second-order valence-corrected chi connectivity index (χ2v) is 3.71. The zero-order valence-corrected chi connectivity index (χ0v) is 8.98. The molecule has 0 saturated heterocycles. The lowest BCUT2D eigenvalue weighted by molar-refractivity contribution is 0.178. The maximum absolute atomic E-state index is 12.8. The van der Waals surface area contributed by atoms with Crippen LogP contribution in [0.15, 0.2) is 48.5 Å². The summed E-state index contributed by atoms with van der Waals surface area (Å²) in [6, 6.07) is 10.7. The first-order valence-electron chi connectivity index (χ1n) is 5.77. The number of aliphatic hydroxyl groups excluding tert-OH is 1. The van der Waals surface area contributed by atoms with E-state index in [2.05, 4.69) is 0 Å². The fourth-order valence-corrected chi connectivity index (χ4v) is 1.51. The van der Waals surface area contributed by atoms with Gasteiger partial charge in [0.15, 0.2) is 0 Å². The van der Waals surface area contributed by atoms with Crippen LogP contribution in [0, 0.1) is 11.6 Å². The summed E-state index contributed by atoms with van der Waals surface area (Å²) in [6.45, 7) is 0. The Morgan fingerprint density at radius 3 is 1.94 bits per heavy atom. The molecule has 0 fully saturated rings. The zero-order valence-electron chi connectivity index (χ0n) is 9.98. The molecule has 0 radical (unpaired) electrons. The van der Waals surface area contributed by atoms with Gasteiger partial charge in [0.25, 0.3) is 0 Å². The second-order valence-electron chi connectivity index (χ2n) is 3.71. The lowest BCUT2D eigenvalue weighted by Crippen LogP contribution is -2.01. The highest BCUT2D eigenvalue weighted by Crippen LogP contribution is 2.18. The van der Waals surface area contributed by atoms with E-state index in [0.29, 0.717) is 11.1 Å². The fraction of sp³-hybridized carbons (Fsp3) is 0.143. The van der Waals surface area contributed by atoms with E-state index in [1.54, 1.807) is 0 Å². The summed E-state index contributed by atoms with van der Waals surface area (Å²) in [5.41, 5.74) is 0.967. The van der Waals surface area contributed by atoms with Crippen molar-refractivity contribution < 1.29 is 15.3 Å². The summed E-state index contributed by atoms with van der Waals surface area (Å²) in [6.07, 6.45) is -2.01. The molecule has 2 atom stereocenters. The van der Waals surface area contributed by atoms with E-state index in [4.69, 9.17) is 1.37 Å². The average Bonchev–Trinajstić information content (AvgIpc) is 2.39. The van der Waals surface area contributed by atoms with Crippen molar-refractivity contribution in [2.45, 2.75) is 12.5 Å². The van der Waals surface area contributed by atoms with Crippen LogP contribution in [-0.4, -0.2) is 5.11 Å². The van der Waals surface area contributed by atoms with Crippen LogP contribution in [0.4, 0.5) is 8.78 Å². The van der Waals surface area contributed by atoms with E-state index in [0.717, 1.165) is 0 Å². The van der Waals surface area contributed by atoms with Crippen molar-refractivity contribution in [1.29, 1.82) is 0 Å². The minimum Gasteiger partial charge on any atom is -0.388 e. The number of rotatable bonds is 3. The van der Waals surface area contributed by atoms with Crippen molar-refractivity contribution in [2.75, 3.05) is 0 Å². The SMILES string of the molecule is [2H]C(c1ccc(F)cc1)C(O)c1ccc(F)cc1. The number of halogens is 2. The van der Waals surface area contributed by atoms with Crippen LogP contribution in [0.3, 0.4) is 0 Å². The van der Waals surface area contributed by atoms with Gasteiger partial charge in [0.2, 0.25) is 0 Å². The van der Waals surface area contributed by atoms with Crippen molar-refractivity contribution >= 4 is 0 Å².